The normalized spacial score (nSPS) is 13.8. The van der Waals surface area contributed by atoms with Crippen molar-refractivity contribution in [3.05, 3.63) is 78.0 Å². The molecule has 4 rings (SSSR count). The molecule has 0 saturated carbocycles. The molecule has 1 aliphatic rings. The van der Waals surface area contributed by atoms with Crippen LogP contribution in [0, 0.1) is 5.92 Å². The lowest BCUT2D eigenvalue weighted by molar-refractivity contribution is -0.113. The number of piperidine rings is 1. The van der Waals surface area contributed by atoms with Crippen LogP contribution in [0.25, 0.3) is 0 Å². The van der Waals surface area contributed by atoms with Gasteiger partial charge in [-0.2, -0.15) is 0 Å². The Balaban J connectivity index is 1.32. The molecular formula is C28H31N3O4S. The van der Waals surface area contributed by atoms with Crippen molar-refractivity contribution in [2.75, 3.05) is 38.4 Å². The van der Waals surface area contributed by atoms with Crippen molar-refractivity contribution in [1.82, 2.24) is 9.88 Å². The van der Waals surface area contributed by atoms with Crippen LogP contribution in [0.5, 0.6) is 11.5 Å². The first-order valence-corrected chi connectivity index (χ1v) is 13.0. The number of nitrogens with zero attached hydrogens (tertiary/aromatic N) is 2. The Bertz CT molecular complexity index is 1180. The number of rotatable bonds is 9. The van der Waals surface area contributed by atoms with Gasteiger partial charge in [0.2, 0.25) is 5.91 Å². The van der Waals surface area contributed by atoms with E-state index in [-0.39, 0.29) is 17.6 Å². The molecule has 0 unspecified atom stereocenters. The molecule has 8 heteroatoms. The number of pyridine rings is 1. The second kappa shape index (κ2) is 12.4. The monoisotopic (exact) mass is 505 g/mol. The van der Waals surface area contributed by atoms with E-state index in [4.69, 9.17) is 9.47 Å². The molecule has 2 aromatic carbocycles. The Labute approximate surface area is 216 Å². The van der Waals surface area contributed by atoms with Crippen LogP contribution in [0.15, 0.2) is 71.9 Å². The molecule has 1 saturated heterocycles. The summed E-state index contributed by atoms with van der Waals surface area (Å²) in [5.74, 6) is 1.62. The number of carbonyl (C=O) groups excluding carboxylic acids is 2. The molecule has 1 aliphatic heterocycles. The van der Waals surface area contributed by atoms with Gasteiger partial charge in [0.1, 0.15) is 5.03 Å². The van der Waals surface area contributed by atoms with Crippen LogP contribution in [-0.2, 0) is 11.2 Å². The van der Waals surface area contributed by atoms with Gasteiger partial charge in [0.15, 0.2) is 11.5 Å². The van der Waals surface area contributed by atoms with E-state index in [1.807, 2.05) is 11.0 Å². The van der Waals surface area contributed by atoms with Gasteiger partial charge < -0.3 is 19.7 Å². The number of carbonyl (C=O) groups is 2. The van der Waals surface area contributed by atoms with Gasteiger partial charge >= 0.3 is 0 Å². The summed E-state index contributed by atoms with van der Waals surface area (Å²) in [5, 5.41) is 3.42. The lowest BCUT2D eigenvalue weighted by atomic mass is 9.90. The van der Waals surface area contributed by atoms with Crippen molar-refractivity contribution in [3.8, 4) is 11.5 Å². The van der Waals surface area contributed by atoms with E-state index in [2.05, 4.69) is 34.6 Å². The van der Waals surface area contributed by atoms with Crippen molar-refractivity contribution < 1.29 is 19.1 Å². The van der Waals surface area contributed by atoms with Gasteiger partial charge in [-0.15, -0.1) is 0 Å². The molecule has 0 radical (unpaired) electrons. The van der Waals surface area contributed by atoms with Crippen LogP contribution >= 0.6 is 11.8 Å². The molecule has 0 bridgehead atoms. The smallest absolute Gasteiger partial charge is 0.256 e. The fraction of sp³-hybridized carbons (Fsp3) is 0.321. The Morgan fingerprint density at radius 1 is 1.00 bits per heavy atom. The van der Waals surface area contributed by atoms with E-state index < -0.39 is 0 Å². The molecule has 1 aromatic heterocycles. The third-order valence-corrected chi connectivity index (χ3v) is 7.28. The highest BCUT2D eigenvalue weighted by Crippen LogP contribution is 2.30. The van der Waals surface area contributed by atoms with Crippen molar-refractivity contribution in [3.63, 3.8) is 0 Å². The molecule has 2 heterocycles. The van der Waals surface area contributed by atoms with E-state index in [0.717, 1.165) is 32.4 Å². The molecule has 0 atom stereocenters. The zero-order valence-electron chi connectivity index (χ0n) is 20.6. The highest BCUT2D eigenvalue weighted by Gasteiger charge is 2.26. The lowest BCUT2D eigenvalue weighted by Gasteiger charge is -2.32. The molecule has 0 aliphatic carbocycles. The third-order valence-electron chi connectivity index (χ3n) is 6.28. The number of hydrogen-bond acceptors (Lipinski definition) is 6. The molecule has 0 spiro atoms. The molecule has 3 aromatic rings. The average molecular weight is 506 g/mol. The number of thioether (sulfide) groups is 1. The minimum absolute atomic E-state index is 0.0240. The molecule has 1 N–H and O–H groups in total. The largest absolute Gasteiger partial charge is 0.493 e. The van der Waals surface area contributed by atoms with Gasteiger partial charge in [-0.05, 0) is 55.0 Å². The summed E-state index contributed by atoms with van der Waals surface area (Å²) in [7, 11) is 3.11. The zero-order valence-corrected chi connectivity index (χ0v) is 21.4. The first kappa shape index (κ1) is 25.6. The molecule has 188 valence electrons. The molecule has 36 heavy (non-hydrogen) atoms. The Hall–Kier alpha value is -3.52. The number of nitrogens with one attached hydrogen (secondary N) is 1. The van der Waals surface area contributed by atoms with Gasteiger partial charge in [-0.3, -0.25) is 9.59 Å². The van der Waals surface area contributed by atoms with Gasteiger partial charge in [-0.25, -0.2) is 4.98 Å². The van der Waals surface area contributed by atoms with Crippen LogP contribution in [0.4, 0.5) is 5.69 Å². The first-order chi connectivity index (χ1) is 17.6. The summed E-state index contributed by atoms with van der Waals surface area (Å²) >= 11 is 1.26. The van der Waals surface area contributed by atoms with Gasteiger partial charge in [0.05, 0.1) is 25.5 Å². The Kier molecular flexibility index (Phi) is 8.84. The highest BCUT2D eigenvalue weighted by molar-refractivity contribution is 8.00. The number of methoxy groups -OCH3 is 2. The summed E-state index contributed by atoms with van der Waals surface area (Å²) in [6.45, 7) is 1.46. The predicted octanol–water partition coefficient (Wildman–Crippen LogP) is 4.92. The summed E-state index contributed by atoms with van der Waals surface area (Å²) in [6, 6.07) is 19.3. The average Bonchev–Trinajstić information content (AvgIpc) is 2.92. The quantitative estimate of drug-likeness (QED) is 0.416. The van der Waals surface area contributed by atoms with Crippen LogP contribution in [-0.4, -0.2) is 54.8 Å². The number of benzene rings is 2. The zero-order chi connectivity index (χ0) is 25.3. The minimum Gasteiger partial charge on any atom is -0.493 e. The summed E-state index contributed by atoms with van der Waals surface area (Å²) in [5.41, 5.74) is 2.50. The van der Waals surface area contributed by atoms with Gasteiger partial charge in [0, 0.05) is 31.0 Å². The maximum atomic E-state index is 13.3. The third kappa shape index (κ3) is 6.57. The van der Waals surface area contributed by atoms with E-state index in [0.29, 0.717) is 33.7 Å². The van der Waals surface area contributed by atoms with Gasteiger partial charge in [0.25, 0.3) is 5.91 Å². The maximum absolute atomic E-state index is 13.3. The molecule has 7 nitrogen and oxygen atoms in total. The number of amides is 2. The second-order valence-corrected chi connectivity index (χ2v) is 9.65. The highest BCUT2D eigenvalue weighted by atomic mass is 32.2. The second-order valence-electron chi connectivity index (χ2n) is 8.69. The van der Waals surface area contributed by atoms with E-state index in [9.17, 15) is 9.59 Å². The van der Waals surface area contributed by atoms with Crippen LogP contribution in [0.2, 0.25) is 0 Å². The Morgan fingerprint density at radius 2 is 1.75 bits per heavy atom. The fourth-order valence-corrected chi connectivity index (χ4v) is 5.16. The van der Waals surface area contributed by atoms with Crippen molar-refractivity contribution in [2.24, 2.45) is 5.92 Å². The maximum Gasteiger partial charge on any atom is 0.256 e. The van der Waals surface area contributed by atoms with E-state index >= 15 is 0 Å². The fourth-order valence-electron chi connectivity index (χ4n) is 4.37. The molecule has 2 amide bonds. The molecular weight excluding hydrogens is 474 g/mol. The van der Waals surface area contributed by atoms with Crippen LogP contribution in [0.3, 0.4) is 0 Å². The van der Waals surface area contributed by atoms with E-state index in [1.165, 1.54) is 17.3 Å². The number of ether oxygens (including phenoxy) is 2. The SMILES string of the molecule is COc1ccc(NC(=O)CSc2ncccc2C(=O)N2CCC(Cc3ccccc3)CC2)cc1OC. The van der Waals surface area contributed by atoms with E-state index in [1.54, 1.807) is 50.7 Å². The number of likely N-dealkylation sites (tertiary alicyclic amines) is 1. The number of anilines is 1. The van der Waals surface area contributed by atoms with Crippen LogP contribution < -0.4 is 14.8 Å². The minimum atomic E-state index is -0.196. The lowest BCUT2D eigenvalue weighted by Crippen LogP contribution is -2.39. The standard InChI is InChI=1S/C28H31N3O4S/c1-34-24-11-10-22(18-25(24)35-2)30-26(32)19-36-27-23(9-6-14-29-27)28(33)31-15-12-21(13-16-31)17-20-7-4-3-5-8-20/h3-11,14,18,21H,12-13,15-17,19H2,1-2H3,(H,30,32). The summed E-state index contributed by atoms with van der Waals surface area (Å²) in [4.78, 5) is 32.2. The topological polar surface area (TPSA) is 80.8 Å². The predicted molar refractivity (Wildman–Crippen MR) is 142 cm³/mol. The summed E-state index contributed by atoms with van der Waals surface area (Å²) < 4.78 is 10.5. The number of aromatic nitrogens is 1. The molecule has 1 fully saturated rings. The van der Waals surface area contributed by atoms with Crippen molar-refractivity contribution in [1.29, 1.82) is 0 Å². The van der Waals surface area contributed by atoms with Crippen molar-refractivity contribution in [2.45, 2.75) is 24.3 Å². The van der Waals surface area contributed by atoms with Gasteiger partial charge in [-0.1, -0.05) is 42.1 Å². The Morgan fingerprint density at radius 3 is 2.47 bits per heavy atom. The first-order valence-electron chi connectivity index (χ1n) is 12.0. The summed E-state index contributed by atoms with van der Waals surface area (Å²) in [6.07, 6.45) is 4.66. The van der Waals surface area contributed by atoms with Crippen molar-refractivity contribution >= 4 is 29.3 Å². The number of hydrogen-bond donors (Lipinski definition) is 1. The van der Waals surface area contributed by atoms with Crippen LogP contribution in [0.1, 0.15) is 28.8 Å².